The summed E-state index contributed by atoms with van der Waals surface area (Å²) in [4.78, 5) is -0.370. The highest BCUT2D eigenvalue weighted by Gasteiger charge is 2.21. The Morgan fingerprint density at radius 2 is 1.74 bits per heavy atom. The number of nitrogens with zero attached hydrogens (tertiary/aromatic N) is 2. The molecule has 0 aliphatic heterocycles. The van der Waals surface area contributed by atoms with Gasteiger partial charge in [-0.3, -0.25) is 9.40 Å². The van der Waals surface area contributed by atoms with E-state index in [1.165, 1.54) is 0 Å². The van der Waals surface area contributed by atoms with Gasteiger partial charge in [-0.25, -0.2) is 17.2 Å². The first-order chi connectivity index (χ1) is 12.7. The van der Waals surface area contributed by atoms with Crippen LogP contribution in [0.15, 0.2) is 47.4 Å². The SMILES string of the molecule is Cc1nn(Cc2ccc(Cl)cc2)c(C)c1NS(=O)(=O)c1ccc(F)c(F)c1. The molecule has 0 radical (unpaired) electrons. The number of benzene rings is 2. The number of nitrogens with one attached hydrogen (secondary N) is 1. The number of sulfonamides is 1. The Balaban J connectivity index is 1.89. The molecule has 0 saturated heterocycles. The summed E-state index contributed by atoms with van der Waals surface area (Å²) in [5, 5.41) is 4.98. The molecule has 2 aromatic carbocycles. The fourth-order valence-electron chi connectivity index (χ4n) is 2.60. The van der Waals surface area contributed by atoms with Gasteiger partial charge in [-0.2, -0.15) is 5.10 Å². The van der Waals surface area contributed by atoms with Crippen LogP contribution < -0.4 is 4.72 Å². The van der Waals surface area contributed by atoms with Crippen molar-refractivity contribution in [2.24, 2.45) is 0 Å². The minimum absolute atomic E-state index is 0.300. The van der Waals surface area contributed by atoms with Crippen molar-refractivity contribution in [1.82, 2.24) is 9.78 Å². The van der Waals surface area contributed by atoms with Crippen LogP contribution in [0.25, 0.3) is 0 Å². The van der Waals surface area contributed by atoms with Crippen LogP contribution in [0.4, 0.5) is 14.5 Å². The Hall–Kier alpha value is -2.45. The van der Waals surface area contributed by atoms with Crippen LogP contribution in [0.5, 0.6) is 0 Å². The zero-order chi connectivity index (χ0) is 19.8. The maximum Gasteiger partial charge on any atom is 0.262 e. The number of hydrogen-bond acceptors (Lipinski definition) is 3. The Kier molecular flexibility index (Phi) is 5.21. The van der Waals surface area contributed by atoms with Crippen molar-refractivity contribution in [3.8, 4) is 0 Å². The van der Waals surface area contributed by atoms with Crippen molar-refractivity contribution in [2.75, 3.05) is 4.72 Å². The molecule has 142 valence electrons. The van der Waals surface area contributed by atoms with Crippen molar-refractivity contribution in [2.45, 2.75) is 25.3 Å². The summed E-state index contributed by atoms with van der Waals surface area (Å²) in [6.07, 6.45) is 0. The summed E-state index contributed by atoms with van der Waals surface area (Å²) >= 11 is 5.88. The van der Waals surface area contributed by atoms with Crippen LogP contribution in [0.1, 0.15) is 17.0 Å². The third-order valence-corrected chi connectivity index (χ3v) is 5.66. The third-order valence-electron chi connectivity index (χ3n) is 4.06. The largest absolute Gasteiger partial charge is 0.276 e. The van der Waals surface area contributed by atoms with Crippen LogP contribution >= 0.6 is 11.6 Å². The second-order valence-electron chi connectivity index (χ2n) is 6.01. The Labute approximate surface area is 160 Å². The van der Waals surface area contributed by atoms with Crippen molar-refractivity contribution >= 4 is 27.3 Å². The Bertz CT molecular complexity index is 1100. The monoisotopic (exact) mass is 411 g/mol. The van der Waals surface area contributed by atoms with E-state index in [2.05, 4.69) is 9.82 Å². The second-order valence-corrected chi connectivity index (χ2v) is 8.13. The molecule has 0 atom stereocenters. The molecule has 3 aromatic rings. The number of aromatic nitrogens is 2. The zero-order valence-corrected chi connectivity index (χ0v) is 16.1. The summed E-state index contributed by atoms with van der Waals surface area (Å²) in [5.41, 5.74) is 2.30. The van der Waals surface area contributed by atoms with E-state index in [4.69, 9.17) is 11.6 Å². The summed E-state index contributed by atoms with van der Waals surface area (Å²) in [7, 11) is -4.09. The van der Waals surface area contributed by atoms with E-state index < -0.39 is 21.7 Å². The van der Waals surface area contributed by atoms with Crippen LogP contribution in [-0.2, 0) is 16.6 Å². The molecule has 1 aromatic heterocycles. The second kappa shape index (κ2) is 7.28. The van der Waals surface area contributed by atoms with Crippen molar-refractivity contribution < 1.29 is 17.2 Å². The predicted octanol–water partition coefficient (Wildman–Crippen LogP) is 4.28. The van der Waals surface area contributed by atoms with Crippen LogP contribution in [0, 0.1) is 25.5 Å². The molecule has 0 aliphatic carbocycles. The van der Waals surface area contributed by atoms with E-state index >= 15 is 0 Å². The lowest BCUT2D eigenvalue weighted by Crippen LogP contribution is -2.14. The molecule has 27 heavy (non-hydrogen) atoms. The maximum absolute atomic E-state index is 13.4. The first kappa shape index (κ1) is 19.3. The number of aryl methyl sites for hydroxylation is 1. The van der Waals surface area contributed by atoms with E-state index in [-0.39, 0.29) is 4.90 Å². The lowest BCUT2D eigenvalue weighted by molar-refractivity contribution is 0.504. The summed E-state index contributed by atoms with van der Waals surface area (Å²) in [6.45, 7) is 3.81. The van der Waals surface area contributed by atoms with Crippen molar-refractivity contribution in [3.05, 3.63) is 76.1 Å². The fourth-order valence-corrected chi connectivity index (χ4v) is 3.91. The molecule has 0 spiro atoms. The van der Waals surface area contributed by atoms with E-state index in [0.717, 1.165) is 17.7 Å². The molecule has 0 saturated carbocycles. The van der Waals surface area contributed by atoms with E-state index in [9.17, 15) is 17.2 Å². The van der Waals surface area contributed by atoms with Crippen LogP contribution in [-0.4, -0.2) is 18.2 Å². The molecule has 3 rings (SSSR count). The van der Waals surface area contributed by atoms with Gasteiger partial charge in [0, 0.05) is 5.02 Å². The average Bonchev–Trinajstić information content (AvgIpc) is 2.86. The van der Waals surface area contributed by atoms with Gasteiger partial charge in [0.05, 0.1) is 28.5 Å². The van der Waals surface area contributed by atoms with Crippen LogP contribution in [0.2, 0.25) is 5.02 Å². The highest BCUT2D eigenvalue weighted by atomic mass is 35.5. The van der Waals surface area contributed by atoms with Crippen molar-refractivity contribution in [1.29, 1.82) is 0 Å². The zero-order valence-electron chi connectivity index (χ0n) is 14.5. The smallest absolute Gasteiger partial charge is 0.262 e. The molecule has 0 bridgehead atoms. The summed E-state index contributed by atoms with van der Waals surface area (Å²) < 4.78 is 55.6. The van der Waals surface area contributed by atoms with Gasteiger partial charge in [0.25, 0.3) is 10.0 Å². The van der Waals surface area contributed by atoms with Gasteiger partial charge < -0.3 is 0 Å². The fraction of sp³-hybridized carbons (Fsp3) is 0.167. The molecule has 9 heteroatoms. The maximum atomic E-state index is 13.4. The number of halogens is 3. The first-order valence-corrected chi connectivity index (χ1v) is 9.80. The van der Waals surface area contributed by atoms with E-state index in [0.29, 0.717) is 34.7 Å². The Morgan fingerprint density at radius 3 is 2.37 bits per heavy atom. The van der Waals surface area contributed by atoms with Gasteiger partial charge in [0.1, 0.15) is 0 Å². The topological polar surface area (TPSA) is 64.0 Å². The number of anilines is 1. The highest BCUT2D eigenvalue weighted by Crippen LogP contribution is 2.25. The van der Waals surface area contributed by atoms with Gasteiger partial charge in [-0.05, 0) is 49.7 Å². The standard InChI is InChI=1S/C18H16ClF2N3O2S/c1-11-18(23-27(25,26)15-7-8-16(20)17(21)9-15)12(2)24(22-11)10-13-3-5-14(19)6-4-13/h3-9,23H,10H2,1-2H3. The minimum atomic E-state index is -4.09. The molecular formula is C18H16ClF2N3O2S. The average molecular weight is 412 g/mol. The third kappa shape index (κ3) is 4.12. The molecular weight excluding hydrogens is 396 g/mol. The quantitative estimate of drug-likeness (QED) is 0.681. The molecule has 1 N–H and O–H groups in total. The molecule has 0 amide bonds. The number of hydrogen-bond donors (Lipinski definition) is 1. The Morgan fingerprint density at radius 1 is 1.07 bits per heavy atom. The normalized spacial score (nSPS) is 11.6. The minimum Gasteiger partial charge on any atom is -0.276 e. The lowest BCUT2D eigenvalue weighted by atomic mass is 10.2. The summed E-state index contributed by atoms with van der Waals surface area (Å²) in [6, 6.07) is 9.63. The highest BCUT2D eigenvalue weighted by molar-refractivity contribution is 7.92. The lowest BCUT2D eigenvalue weighted by Gasteiger charge is -2.10. The predicted molar refractivity (Wildman–Crippen MR) is 99.4 cm³/mol. The van der Waals surface area contributed by atoms with Gasteiger partial charge in [-0.1, -0.05) is 23.7 Å². The molecule has 0 fully saturated rings. The molecule has 1 heterocycles. The van der Waals surface area contributed by atoms with Gasteiger partial charge in [0.2, 0.25) is 0 Å². The van der Waals surface area contributed by atoms with E-state index in [1.807, 2.05) is 12.1 Å². The van der Waals surface area contributed by atoms with E-state index in [1.54, 1.807) is 30.7 Å². The molecule has 0 unspecified atom stereocenters. The van der Waals surface area contributed by atoms with Gasteiger partial charge >= 0.3 is 0 Å². The molecule has 5 nitrogen and oxygen atoms in total. The van der Waals surface area contributed by atoms with Crippen molar-refractivity contribution in [3.63, 3.8) is 0 Å². The molecule has 0 aliphatic rings. The van der Waals surface area contributed by atoms with Gasteiger partial charge in [-0.15, -0.1) is 0 Å². The summed E-state index contributed by atoms with van der Waals surface area (Å²) in [5.74, 6) is -2.35. The van der Waals surface area contributed by atoms with Gasteiger partial charge in [0.15, 0.2) is 11.6 Å². The number of rotatable bonds is 5. The van der Waals surface area contributed by atoms with Crippen LogP contribution in [0.3, 0.4) is 0 Å². The first-order valence-electron chi connectivity index (χ1n) is 7.93.